The zero-order chi connectivity index (χ0) is 12.6. The maximum Gasteiger partial charge on any atom is 0.0903 e. The van der Waals surface area contributed by atoms with Crippen LogP contribution >= 0.6 is 0 Å². The zero-order valence-electron chi connectivity index (χ0n) is 10.5. The molecular weight excluding hydrogens is 222 g/mol. The van der Waals surface area contributed by atoms with E-state index < -0.39 is 5.60 Å². The molecule has 1 aliphatic rings. The predicted octanol–water partition coefficient (Wildman–Crippen LogP) is 2.93. The molecule has 1 aliphatic carbocycles. The van der Waals surface area contributed by atoms with E-state index in [4.69, 9.17) is 5.73 Å². The van der Waals surface area contributed by atoms with Gasteiger partial charge in [-0.25, -0.2) is 0 Å². The molecule has 1 saturated carbocycles. The molecule has 2 heteroatoms. The second-order valence-corrected chi connectivity index (χ2v) is 5.40. The Morgan fingerprint density at radius 2 is 1.67 bits per heavy atom. The monoisotopic (exact) mass is 241 g/mol. The Morgan fingerprint density at radius 3 is 2.44 bits per heavy atom. The fourth-order valence-corrected chi connectivity index (χ4v) is 3.02. The van der Waals surface area contributed by atoms with E-state index in [9.17, 15) is 5.11 Å². The Morgan fingerprint density at radius 1 is 1.00 bits per heavy atom. The van der Waals surface area contributed by atoms with Gasteiger partial charge in [0.25, 0.3) is 0 Å². The molecule has 0 aliphatic heterocycles. The third-order valence-electron chi connectivity index (χ3n) is 4.15. The molecule has 2 nitrogen and oxygen atoms in total. The number of aliphatic hydroxyl groups is 1. The van der Waals surface area contributed by atoms with Gasteiger partial charge in [-0.2, -0.15) is 0 Å². The summed E-state index contributed by atoms with van der Waals surface area (Å²) in [6.45, 7) is 0. The smallest absolute Gasteiger partial charge is 0.0903 e. The van der Waals surface area contributed by atoms with E-state index in [0.29, 0.717) is 0 Å². The molecule has 3 N–H and O–H groups in total. The Hall–Kier alpha value is -1.38. The van der Waals surface area contributed by atoms with E-state index in [1.54, 1.807) is 0 Å². The minimum Gasteiger partial charge on any atom is -0.385 e. The van der Waals surface area contributed by atoms with Crippen LogP contribution in [0.2, 0.25) is 0 Å². The normalized spacial score (nSPS) is 28.4. The molecule has 0 atom stereocenters. The van der Waals surface area contributed by atoms with Crippen LogP contribution in [0.3, 0.4) is 0 Å². The van der Waals surface area contributed by atoms with Gasteiger partial charge in [0.15, 0.2) is 0 Å². The number of hydrogen-bond acceptors (Lipinski definition) is 2. The highest BCUT2D eigenvalue weighted by Gasteiger charge is 2.34. The molecular formula is C16H19NO. The summed E-state index contributed by atoms with van der Waals surface area (Å²) in [7, 11) is 0. The third kappa shape index (κ3) is 1.92. The first kappa shape index (κ1) is 11.7. The van der Waals surface area contributed by atoms with Crippen molar-refractivity contribution < 1.29 is 5.11 Å². The van der Waals surface area contributed by atoms with Crippen LogP contribution in [0, 0.1) is 0 Å². The Kier molecular flexibility index (Phi) is 2.84. The van der Waals surface area contributed by atoms with E-state index in [2.05, 4.69) is 24.3 Å². The summed E-state index contributed by atoms with van der Waals surface area (Å²) in [6.07, 6.45) is 3.34. The summed E-state index contributed by atoms with van der Waals surface area (Å²) < 4.78 is 0. The lowest BCUT2D eigenvalue weighted by atomic mass is 9.76. The SMILES string of the molecule is NC1CCC(O)(c2cccc3ccccc23)CC1. The summed E-state index contributed by atoms with van der Waals surface area (Å²) >= 11 is 0. The molecule has 1 fully saturated rings. The van der Waals surface area contributed by atoms with Gasteiger partial charge < -0.3 is 10.8 Å². The predicted molar refractivity (Wildman–Crippen MR) is 74.3 cm³/mol. The van der Waals surface area contributed by atoms with Gasteiger partial charge in [0, 0.05) is 6.04 Å². The second kappa shape index (κ2) is 4.38. The quantitative estimate of drug-likeness (QED) is 0.806. The van der Waals surface area contributed by atoms with Crippen molar-refractivity contribution >= 4 is 10.8 Å². The van der Waals surface area contributed by atoms with Gasteiger partial charge in [0.05, 0.1) is 5.60 Å². The number of nitrogens with two attached hydrogens (primary N) is 1. The van der Waals surface area contributed by atoms with Crippen LogP contribution in [0.1, 0.15) is 31.2 Å². The molecule has 3 rings (SSSR count). The molecule has 0 aromatic heterocycles. The van der Waals surface area contributed by atoms with E-state index in [1.165, 1.54) is 5.39 Å². The standard InChI is InChI=1S/C16H19NO/c17-13-8-10-16(18,11-9-13)15-7-3-5-12-4-1-2-6-14(12)15/h1-7,13,18H,8-11,17H2. The zero-order valence-corrected chi connectivity index (χ0v) is 10.5. The van der Waals surface area contributed by atoms with Gasteiger partial charge >= 0.3 is 0 Å². The fourth-order valence-electron chi connectivity index (χ4n) is 3.02. The molecule has 0 heterocycles. The van der Waals surface area contributed by atoms with Crippen molar-refractivity contribution in [3.05, 3.63) is 48.0 Å². The number of fused-ring (bicyclic) bond motifs is 1. The van der Waals surface area contributed by atoms with Crippen LogP contribution in [0.25, 0.3) is 10.8 Å². The molecule has 18 heavy (non-hydrogen) atoms. The number of rotatable bonds is 1. The van der Waals surface area contributed by atoms with E-state index in [0.717, 1.165) is 36.6 Å². The van der Waals surface area contributed by atoms with Crippen molar-refractivity contribution in [1.82, 2.24) is 0 Å². The van der Waals surface area contributed by atoms with Crippen molar-refractivity contribution in [3.63, 3.8) is 0 Å². The maximum absolute atomic E-state index is 10.9. The molecule has 0 bridgehead atoms. The highest BCUT2D eigenvalue weighted by molar-refractivity contribution is 5.86. The molecule has 2 aromatic rings. The van der Waals surface area contributed by atoms with Crippen molar-refractivity contribution in [1.29, 1.82) is 0 Å². The maximum atomic E-state index is 10.9. The van der Waals surface area contributed by atoms with Crippen molar-refractivity contribution in [2.75, 3.05) is 0 Å². The average molecular weight is 241 g/mol. The first-order valence-electron chi connectivity index (χ1n) is 6.65. The first-order valence-corrected chi connectivity index (χ1v) is 6.65. The molecule has 0 saturated heterocycles. The Bertz CT molecular complexity index is 551. The Balaban J connectivity index is 2.08. The lowest BCUT2D eigenvalue weighted by molar-refractivity contribution is -0.00360. The van der Waals surface area contributed by atoms with Crippen LogP contribution in [-0.4, -0.2) is 11.1 Å². The lowest BCUT2D eigenvalue weighted by Crippen LogP contribution is -2.36. The summed E-state index contributed by atoms with van der Waals surface area (Å²) in [4.78, 5) is 0. The molecule has 0 radical (unpaired) electrons. The largest absolute Gasteiger partial charge is 0.385 e. The van der Waals surface area contributed by atoms with E-state index in [-0.39, 0.29) is 6.04 Å². The van der Waals surface area contributed by atoms with Crippen LogP contribution in [0.15, 0.2) is 42.5 Å². The molecule has 94 valence electrons. The van der Waals surface area contributed by atoms with Gasteiger partial charge in [-0.05, 0) is 42.0 Å². The van der Waals surface area contributed by atoms with Crippen LogP contribution in [-0.2, 0) is 5.60 Å². The van der Waals surface area contributed by atoms with Crippen molar-refractivity contribution in [3.8, 4) is 0 Å². The number of benzene rings is 2. The minimum atomic E-state index is -0.698. The summed E-state index contributed by atoms with van der Waals surface area (Å²) in [5.41, 5.74) is 6.30. The summed E-state index contributed by atoms with van der Waals surface area (Å²) in [5, 5.41) is 13.3. The molecule has 0 unspecified atom stereocenters. The minimum absolute atomic E-state index is 0.250. The van der Waals surface area contributed by atoms with E-state index >= 15 is 0 Å². The van der Waals surface area contributed by atoms with Crippen LogP contribution in [0.4, 0.5) is 0 Å². The Labute approximate surface area is 107 Å². The van der Waals surface area contributed by atoms with Gasteiger partial charge in [-0.1, -0.05) is 42.5 Å². The summed E-state index contributed by atoms with van der Waals surface area (Å²) in [5.74, 6) is 0. The van der Waals surface area contributed by atoms with Gasteiger partial charge in [0.2, 0.25) is 0 Å². The topological polar surface area (TPSA) is 46.2 Å². The van der Waals surface area contributed by atoms with Gasteiger partial charge in [-0.15, -0.1) is 0 Å². The highest BCUT2D eigenvalue weighted by atomic mass is 16.3. The van der Waals surface area contributed by atoms with Gasteiger partial charge in [0.1, 0.15) is 0 Å². The summed E-state index contributed by atoms with van der Waals surface area (Å²) in [6, 6.07) is 14.7. The van der Waals surface area contributed by atoms with Crippen molar-refractivity contribution in [2.45, 2.75) is 37.3 Å². The van der Waals surface area contributed by atoms with E-state index in [1.807, 2.05) is 18.2 Å². The molecule has 2 aromatic carbocycles. The molecule has 0 amide bonds. The highest BCUT2D eigenvalue weighted by Crippen LogP contribution is 2.39. The van der Waals surface area contributed by atoms with Crippen molar-refractivity contribution in [2.24, 2.45) is 5.73 Å². The fraction of sp³-hybridized carbons (Fsp3) is 0.375. The lowest BCUT2D eigenvalue weighted by Gasteiger charge is -2.36. The van der Waals surface area contributed by atoms with Gasteiger partial charge in [-0.3, -0.25) is 0 Å². The second-order valence-electron chi connectivity index (χ2n) is 5.40. The number of hydrogen-bond donors (Lipinski definition) is 2. The molecule has 0 spiro atoms. The third-order valence-corrected chi connectivity index (χ3v) is 4.15. The average Bonchev–Trinajstić information content (AvgIpc) is 2.42. The first-order chi connectivity index (χ1) is 8.69. The van der Waals surface area contributed by atoms with Crippen LogP contribution < -0.4 is 5.73 Å². The van der Waals surface area contributed by atoms with Crippen LogP contribution in [0.5, 0.6) is 0 Å².